The highest BCUT2D eigenvalue weighted by molar-refractivity contribution is 5.76. The van der Waals surface area contributed by atoms with Crippen molar-refractivity contribution in [3.8, 4) is 0 Å². The number of hydrogen-bond acceptors (Lipinski definition) is 4. The molecule has 0 aliphatic rings. The Morgan fingerprint density at radius 1 is 0.403 bits per heavy atom. The van der Waals surface area contributed by atoms with E-state index >= 15 is 0 Å². The lowest BCUT2D eigenvalue weighted by molar-refractivity contribution is -0.124. The van der Waals surface area contributed by atoms with Crippen LogP contribution in [-0.4, -0.2) is 46.1 Å². The largest absolute Gasteiger partial charge is 0.394 e. The molecule has 0 bridgehead atoms. The highest BCUT2D eigenvalue weighted by atomic mass is 16.3. The quantitative estimate of drug-likeness (QED) is 0.0362. The summed E-state index contributed by atoms with van der Waals surface area (Å²) in [4.78, 5) is 12.5. The maximum atomic E-state index is 12.5. The molecule has 3 atom stereocenters. The molecule has 5 nitrogen and oxygen atoms in total. The SMILES string of the molecule is CCCCCCCCCCCCCC/C=C\CCCCCCCCCC(O)CC(=O)NC(CO)C(O)/C=C/CC/C=C/CCCCCCCCCCCCCCCCCCCC. The van der Waals surface area contributed by atoms with Crippen LogP contribution in [0.1, 0.15) is 296 Å². The first-order chi connectivity index (χ1) is 30.5. The van der Waals surface area contributed by atoms with Gasteiger partial charge in [0.05, 0.1) is 31.3 Å². The van der Waals surface area contributed by atoms with E-state index in [1.807, 2.05) is 6.08 Å². The molecule has 0 radical (unpaired) electrons. The van der Waals surface area contributed by atoms with Gasteiger partial charge in [0.2, 0.25) is 5.91 Å². The van der Waals surface area contributed by atoms with Crippen LogP contribution >= 0.6 is 0 Å². The first-order valence-corrected chi connectivity index (χ1v) is 27.8. The first kappa shape index (κ1) is 60.6. The van der Waals surface area contributed by atoms with Gasteiger partial charge in [0.1, 0.15) is 0 Å². The molecule has 0 heterocycles. The minimum atomic E-state index is -0.954. The molecule has 5 heteroatoms. The number of unbranched alkanes of at least 4 members (excludes halogenated alkanes) is 38. The molecule has 0 aliphatic carbocycles. The van der Waals surface area contributed by atoms with E-state index in [9.17, 15) is 20.1 Å². The molecule has 1 amide bonds. The Morgan fingerprint density at radius 3 is 1.03 bits per heavy atom. The number of aliphatic hydroxyl groups excluding tert-OH is 3. The zero-order chi connectivity index (χ0) is 45.1. The molecule has 0 rings (SSSR count). The second kappa shape index (κ2) is 52.2. The lowest BCUT2D eigenvalue weighted by Gasteiger charge is -2.21. The van der Waals surface area contributed by atoms with Crippen LogP contribution in [0.2, 0.25) is 0 Å². The number of aliphatic hydroxyl groups is 3. The number of rotatable bonds is 51. The minimum absolute atomic E-state index is 0.00400. The maximum absolute atomic E-state index is 12.5. The smallest absolute Gasteiger partial charge is 0.222 e. The van der Waals surface area contributed by atoms with Crippen molar-refractivity contribution in [3.05, 3.63) is 36.5 Å². The van der Waals surface area contributed by atoms with Gasteiger partial charge < -0.3 is 20.6 Å². The third-order valence-electron chi connectivity index (χ3n) is 12.9. The third kappa shape index (κ3) is 48.0. The van der Waals surface area contributed by atoms with Crippen molar-refractivity contribution >= 4 is 5.91 Å². The van der Waals surface area contributed by atoms with E-state index in [1.165, 1.54) is 238 Å². The van der Waals surface area contributed by atoms with Gasteiger partial charge in [-0.3, -0.25) is 4.79 Å². The van der Waals surface area contributed by atoms with Crippen LogP contribution in [0.3, 0.4) is 0 Å². The van der Waals surface area contributed by atoms with Gasteiger partial charge in [-0.1, -0.05) is 269 Å². The highest BCUT2D eigenvalue weighted by Crippen LogP contribution is 2.17. The molecule has 0 spiro atoms. The fraction of sp³-hybridized carbons (Fsp3) is 0.877. The van der Waals surface area contributed by atoms with Crippen LogP contribution in [0, 0.1) is 0 Å². The van der Waals surface area contributed by atoms with Crippen LogP contribution in [0.25, 0.3) is 0 Å². The van der Waals surface area contributed by atoms with Crippen LogP contribution in [-0.2, 0) is 4.79 Å². The maximum Gasteiger partial charge on any atom is 0.222 e. The number of nitrogens with one attached hydrogen (secondary N) is 1. The molecular weight excluding hydrogens is 763 g/mol. The van der Waals surface area contributed by atoms with E-state index in [-0.39, 0.29) is 18.9 Å². The van der Waals surface area contributed by atoms with Crippen LogP contribution in [0.15, 0.2) is 36.5 Å². The summed E-state index contributed by atoms with van der Waals surface area (Å²) in [5, 5.41) is 33.4. The Bertz CT molecular complexity index is 962. The van der Waals surface area contributed by atoms with E-state index in [0.717, 1.165) is 32.1 Å². The van der Waals surface area contributed by atoms with Gasteiger partial charge in [0.25, 0.3) is 0 Å². The first-order valence-electron chi connectivity index (χ1n) is 27.8. The Balaban J connectivity index is 3.62. The predicted octanol–water partition coefficient (Wildman–Crippen LogP) is 17.1. The average molecular weight is 873 g/mol. The summed E-state index contributed by atoms with van der Waals surface area (Å²) in [6.07, 6.45) is 67.6. The number of amides is 1. The van der Waals surface area contributed by atoms with Gasteiger partial charge in [-0.15, -0.1) is 0 Å². The second-order valence-electron chi connectivity index (χ2n) is 19.2. The number of hydrogen-bond donors (Lipinski definition) is 4. The van der Waals surface area contributed by atoms with Crippen LogP contribution in [0.5, 0.6) is 0 Å². The standard InChI is InChI=1S/C57H109NO4/c1-3-5-7-9-11-13-15-17-19-21-23-25-27-29-31-33-35-37-39-41-43-45-47-49-51-56(61)55(53-59)58-57(62)52-54(60)50-48-46-44-42-40-38-36-34-32-30-28-26-24-22-20-18-16-14-12-10-8-6-4-2/h30,32,41,43,49,51,54-56,59-61H,3-29,31,33-40,42,44-48,50,52-53H2,1-2H3,(H,58,62)/b32-30-,43-41+,51-49+. The number of carbonyl (C=O) groups excluding carboxylic acids is 1. The van der Waals surface area contributed by atoms with E-state index < -0.39 is 18.2 Å². The predicted molar refractivity (Wildman–Crippen MR) is 273 cm³/mol. The van der Waals surface area contributed by atoms with Gasteiger partial charge in [0.15, 0.2) is 0 Å². The van der Waals surface area contributed by atoms with Crippen molar-refractivity contribution in [2.24, 2.45) is 0 Å². The summed E-state index contributed by atoms with van der Waals surface area (Å²) < 4.78 is 0. The molecule has 0 fully saturated rings. The number of carbonyl (C=O) groups is 1. The minimum Gasteiger partial charge on any atom is -0.394 e. The van der Waals surface area contributed by atoms with Crippen LogP contribution < -0.4 is 5.32 Å². The van der Waals surface area contributed by atoms with Crippen molar-refractivity contribution in [2.75, 3.05) is 6.61 Å². The summed E-state index contributed by atoms with van der Waals surface area (Å²) in [5.74, 6) is -0.324. The van der Waals surface area contributed by atoms with E-state index in [0.29, 0.717) is 6.42 Å². The summed E-state index contributed by atoms with van der Waals surface area (Å²) >= 11 is 0. The van der Waals surface area contributed by atoms with Crippen molar-refractivity contribution in [1.82, 2.24) is 5.32 Å². The highest BCUT2D eigenvalue weighted by Gasteiger charge is 2.20. The molecule has 3 unspecified atom stereocenters. The molecule has 0 aromatic carbocycles. The fourth-order valence-corrected chi connectivity index (χ4v) is 8.65. The topological polar surface area (TPSA) is 89.8 Å². The van der Waals surface area contributed by atoms with Crippen LogP contribution in [0.4, 0.5) is 0 Å². The fourth-order valence-electron chi connectivity index (χ4n) is 8.65. The Morgan fingerprint density at radius 2 is 0.694 bits per heavy atom. The Labute approximate surface area is 387 Å². The molecule has 366 valence electrons. The van der Waals surface area contributed by atoms with Crippen molar-refractivity contribution in [3.63, 3.8) is 0 Å². The second-order valence-corrected chi connectivity index (χ2v) is 19.2. The zero-order valence-electron chi connectivity index (χ0n) is 41.8. The van der Waals surface area contributed by atoms with E-state index in [1.54, 1.807) is 6.08 Å². The normalized spacial score (nSPS) is 13.6. The zero-order valence-corrected chi connectivity index (χ0v) is 41.8. The molecule has 0 aromatic heterocycles. The molecule has 0 saturated carbocycles. The van der Waals surface area contributed by atoms with Gasteiger partial charge >= 0.3 is 0 Å². The summed E-state index contributed by atoms with van der Waals surface area (Å²) in [6, 6.07) is -0.763. The summed E-state index contributed by atoms with van der Waals surface area (Å²) in [7, 11) is 0. The van der Waals surface area contributed by atoms with Crippen molar-refractivity contribution < 1.29 is 20.1 Å². The van der Waals surface area contributed by atoms with Gasteiger partial charge in [-0.25, -0.2) is 0 Å². The van der Waals surface area contributed by atoms with Gasteiger partial charge in [-0.05, 0) is 57.8 Å². The molecule has 0 aliphatic heterocycles. The molecule has 4 N–H and O–H groups in total. The molecule has 62 heavy (non-hydrogen) atoms. The van der Waals surface area contributed by atoms with E-state index in [4.69, 9.17) is 0 Å². The Kier molecular flexibility index (Phi) is 51.0. The van der Waals surface area contributed by atoms with Crippen molar-refractivity contribution in [1.29, 1.82) is 0 Å². The Hall–Kier alpha value is -1.43. The molecule has 0 saturated heterocycles. The monoisotopic (exact) mass is 872 g/mol. The lowest BCUT2D eigenvalue weighted by atomic mass is 10.0. The molecular formula is C57H109NO4. The summed E-state index contributed by atoms with van der Waals surface area (Å²) in [6.45, 7) is 4.23. The summed E-state index contributed by atoms with van der Waals surface area (Å²) in [5.41, 5.74) is 0. The molecule has 0 aromatic rings. The number of allylic oxidation sites excluding steroid dienone is 5. The van der Waals surface area contributed by atoms with Gasteiger partial charge in [0, 0.05) is 0 Å². The third-order valence-corrected chi connectivity index (χ3v) is 12.9. The average Bonchev–Trinajstić information content (AvgIpc) is 3.27. The van der Waals surface area contributed by atoms with Gasteiger partial charge in [-0.2, -0.15) is 0 Å². The van der Waals surface area contributed by atoms with Crippen molar-refractivity contribution in [2.45, 2.75) is 315 Å². The van der Waals surface area contributed by atoms with E-state index in [2.05, 4.69) is 43.5 Å². The lowest BCUT2D eigenvalue weighted by Crippen LogP contribution is -2.45.